The molecule has 7 nitrogen and oxygen atoms in total. The van der Waals surface area contributed by atoms with Gasteiger partial charge in [0.1, 0.15) is 11.6 Å². The van der Waals surface area contributed by atoms with Crippen molar-refractivity contribution >= 4 is 40.0 Å². The number of fused-ring (bicyclic) bond motifs is 1. The number of para-hydroxylation sites is 2. The topological polar surface area (TPSA) is 81.8 Å². The summed E-state index contributed by atoms with van der Waals surface area (Å²) in [6.07, 6.45) is 3.47. The molecule has 9 heteroatoms. The van der Waals surface area contributed by atoms with Gasteiger partial charge in [0.25, 0.3) is 0 Å². The number of hydrogen-bond acceptors (Lipinski definition) is 5. The molecule has 0 unspecified atom stereocenters. The van der Waals surface area contributed by atoms with E-state index in [4.69, 9.17) is 0 Å². The van der Waals surface area contributed by atoms with E-state index in [1.807, 2.05) is 37.4 Å². The number of nitrogens with zero attached hydrogens (tertiary/aromatic N) is 4. The van der Waals surface area contributed by atoms with Gasteiger partial charge in [-0.3, -0.25) is 9.59 Å². The van der Waals surface area contributed by atoms with Gasteiger partial charge < -0.3 is 14.5 Å². The van der Waals surface area contributed by atoms with Crippen molar-refractivity contribution in [3.05, 3.63) is 84.6 Å². The molecule has 1 N–H and O–H groups in total. The Morgan fingerprint density at radius 3 is 2.68 bits per heavy atom. The van der Waals surface area contributed by atoms with Crippen LogP contribution in [0.15, 0.2) is 72.5 Å². The lowest BCUT2D eigenvalue weighted by atomic mass is 10.1. The van der Waals surface area contributed by atoms with E-state index in [-0.39, 0.29) is 23.6 Å². The molecule has 4 aromatic rings. The Morgan fingerprint density at radius 2 is 1.91 bits per heavy atom. The molecular weight excluding hydrogens is 453 g/mol. The molecule has 0 saturated heterocycles. The number of carbonyl (C=O) groups is 2. The summed E-state index contributed by atoms with van der Waals surface area (Å²) >= 11 is 1.26. The van der Waals surface area contributed by atoms with Crippen LogP contribution in [0, 0.1) is 5.82 Å². The summed E-state index contributed by atoms with van der Waals surface area (Å²) in [6, 6.07) is 13.8. The van der Waals surface area contributed by atoms with Crippen LogP contribution in [0.2, 0.25) is 0 Å². The Labute approximate surface area is 200 Å². The van der Waals surface area contributed by atoms with Crippen molar-refractivity contribution in [1.29, 1.82) is 0 Å². The SMILES string of the molecule is C=CCn1c(CC(=O)Nc2ccccc2F)nnc1SCC(=O)c1cn(CC)c2ccccc12. The second kappa shape index (κ2) is 10.5. The summed E-state index contributed by atoms with van der Waals surface area (Å²) in [5.74, 6) is -0.355. The number of aryl methyl sites for hydroxylation is 1. The minimum absolute atomic E-state index is 0.0135. The van der Waals surface area contributed by atoms with Gasteiger partial charge in [-0.15, -0.1) is 16.8 Å². The summed E-state index contributed by atoms with van der Waals surface area (Å²) in [5.41, 5.74) is 1.80. The van der Waals surface area contributed by atoms with Crippen LogP contribution in [0.4, 0.5) is 10.1 Å². The molecule has 34 heavy (non-hydrogen) atoms. The molecule has 0 aliphatic carbocycles. The van der Waals surface area contributed by atoms with Crippen LogP contribution in [0.25, 0.3) is 10.9 Å². The number of Topliss-reactive ketones (excluding diaryl/α,β-unsaturated/α-hetero) is 1. The molecule has 4 rings (SSSR count). The van der Waals surface area contributed by atoms with Gasteiger partial charge in [-0.25, -0.2) is 4.39 Å². The van der Waals surface area contributed by atoms with Gasteiger partial charge in [-0.2, -0.15) is 0 Å². The standard InChI is InChI=1S/C25H24FN5O2S/c1-3-13-31-23(14-24(33)27-20-11-7-6-10-19(20)26)28-29-25(31)34-16-22(32)18-15-30(4-2)21-12-8-5-9-17(18)21/h3,5-12,15H,1,4,13-14,16H2,2H3,(H,27,33). The first-order chi connectivity index (χ1) is 16.5. The van der Waals surface area contributed by atoms with Crippen LogP contribution in [0.5, 0.6) is 0 Å². The molecule has 2 aromatic heterocycles. The van der Waals surface area contributed by atoms with Crippen LogP contribution in [-0.4, -0.2) is 36.8 Å². The molecular formula is C25H24FN5O2S. The number of rotatable bonds is 10. The van der Waals surface area contributed by atoms with E-state index in [0.29, 0.717) is 23.1 Å². The third-order valence-electron chi connectivity index (χ3n) is 5.33. The number of allylic oxidation sites excluding steroid dienone is 1. The number of amides is 1. The number of aromatic nitrogens is 4. The first-order valence-corrected chi connectivity index (χ1v) is 11.8. The second-order valence-corrected chi connectivity index (χ2v) is 8.50. The van der Waals surface area contributed by atoms with E-state index in [0.717, 1.165) is 17.4 Å². The maximum absolute atomic E-state index is 13.8. The van der Waals surface area contributed by atoms with Gasteiger partial charge in [-0.05, 0) is 25.1 Å². The fourth-order valence-corrected chi connectivity index (χ4v) is 4.56. The van der Waals surface area contributed by atoms with Crippen LogP contribution >= 0.6 is 11.8 Å². The first-order valence-electron chi connectivity index (χ1n) is 10.8. The van der Waals surface area contributed by atoms with Crippen molar-refractivity contribution < 1.29 is 14.0 Å². The number of thioether (sulfide) groups is 1. The number of carbonyl (C=O) groups excluding carboxylic acids is 2. The predicted octanol–water partition coefficient (Wildman–Crippen LogP) is 4.73. The van der Waals surface area contributed by atoms with Crippen LogP contribution < -0.4 is 5.32 Å². The fraction of sp³-hybridized carbons (Fsp3) is 0.200. The van der Waals surface area contributed by atoms with Crippen molar-refractivity contribution in [1.82, 2.24) is 19.3 Å². The second-order valence-electron chi connectivity index (χ2n) is 7.56. The molecule has 0 radical (unpaired) electrons. The number of ketones is 1. The van der Waals surface area contributed by atoms with E-state index in [2.05, 4.69) is 26.7 Å². The minimum atomic E-state index is -0.511. The van der Waals surface area contributed by atoms with E-state index in [9.17, 15) is 14.0 Å². The first kappa shape index (κ1) is 23.4. The van der Waals surface area contributed by atoms with E-state index in [1.54, 1.807) is 22.8 Å². The molecule has 2 aromatic carbocycles. The number of benzene rings is 2. The van der Waals surface area contributed by atoms with Crippen molar-refractivity contribution in [2.24, 2.45) is 0 Å². The maximum atomic E-state index is 13.8. The quantitative estimate of drug-likeness (QED) is 0.203. The van der Waals surface area contributed by atoms with Crippen LogP contribution in [-0.2, 0) is 24.3 Å². The van der Waals surface area contributed by atoms with Gasteiger partial charge in [0, 0.05) is 35.8 Å². The minimum Gasteiger partial charge on any atom is -0.347 e. The maximum Gasteiger partial charge on any atom is 0.232 e. The molecule has 0 spiro atoms. The summed E-state index contributed by atoms with van der Waals surface area (Å²) in [5, 5.41) is 12.3. The summed E-state index contributed by atoms with van der Waals surface area (Å²) < 4.78 is 17.6. The monoisotopic (exact) mass is 477 g/mol. The third kappa shape index (κ3) is 4.94. The average Bonchev–Trinajstić information content (AvgIpc) is 3.40. The van der Waals surface area contributed by atoms with Crippen molar-refractivity contribution in [3.63, 3.8) is 0 Å². The highest BCUT2D eigenvalue weighted by atomic mass is 32.2. The lowest BCUT2D eigenvalue weighted by molar-refractivity contribution is -0.115. The lowest BCUT2D eigenvalue weighted by Crippen LogP contribution is -2.18. The molecule has 174 valence electrons. The molecule has 2 heterocycles. The van der Waals surface area contributed by atoms with Crippen molar-refractivity contribution in [2.45, 2.75) is 31.6 Å². The number of halogens is 1. The van der Waals surface area contributed by atoms with Gasteiger partial charge in [0.2, 0.25) is 5.91 Å². The average molecular weight is 478 g/mol. The highest BCUT2D eigenvalue weighted by molar-refractivity contribution is 7.99. The Morgan fingerprint density at radius 1 is 1.15 bits per heavy atom. The van der Waals surface area contributed by atoms with Gasteiger partial charge in [0.05, 0.1) is 17.9 Å². The zero-order valence-corrected chi connectivity index (χ0v) is 19.5. The molecule has 0 atom stereocenters. The summed E-state index contributed by atoms with van der Waals surface area (Å²) in [4.78, 5) is 25.5. The Bertz CT molecular complexity index is 1360. The largest absolute Gasteiger partial charge is 0.347 e. The number of nitrogens with one attached hydrogen (secondary N) is 1. The third-order valence-corrected chi connectivity index (χ3v) is 6.30. The van der Waals surface area contributed by atoms with E-state index < -0.39 is 11.7 Å². The Kier molecular flexibility index (Phi) is 7.22. The molecule has 0 aliphatic heterocycles. The molecule has 0 bridgehead atoms. The molecule has 0 aliphatic rings. The number of hydrogen-bond donors (Lipinski definition) is 1. The van der Waals surface area contributed by atoms with Crippen LogP contribution in [0.3, 0.4) is 0 Å². The molecule has 0 fully saturated rings. The Balaban J connectivity index is 1.48. The van der Waals surface area contributed by atoms with E-state index >= 15 is 0 Å². The fourth-order valence-electron chi connectivity index (χ4n) is 3.71. The zero-order valence-electron chi connectivity index (χ0n) is 18.7. The molecule has 0 saturated carbocycles. The summed E-state index contributed by atoms with van der Waals surface area (Å²) in [6.45, 7) is 6.95. The van der Waals surface area contributed by atoms with Gasteiger partial charge in [0.15, 0.2) is 10.9 Å². The Hall–Kier alpha value is -3.72. The van der Waals surface area contributed by atoms with Crippen molar-refractivity contribution in [2.75, 3.05) is 11.1 Å². The molecule has 1 amide bonds. The number of anilines is 1. The van der Waals surface area contributed by atoms with E-state index in [1.165, 1.54) is 23.9 Å². The van der Waals surface area contributed by atoms with Gasteiger partial charge >= 0.3 is 0 Å². The summed E-state index contributed by atoms with van der Waals surface area (Å²) in [7, 11) is 0. The van der Waals surface area contributed by atoms with Gasteiger partial charge in [-0.1, -0.05) is 48.2 Å². The lowest BCUT2D eigenvalue weighted by Gasteiger charge is -2.08. The highest BCUT2D eigenvalue weighted by Gasteiger charge is 2.19. The normalized spacial score (nSPS) is 11.0. The van der Waals surface area contributed by atoms with Crippen LogP contribution in [0.1, 0.15) is 23.1 Å². The smallest absolute Gasteiger partial charge is 0.232 e. The zero-order chi connectivity index (χ0) is 24.1. The highest BCUT2D eigenvalue weighted by Crippen LogP contribution is 2.25. The predicted molar refractivity (Wildman–Crippen MR) is 132 cm³/mol. The van der Waals surface area contributed by atoms with Crippen molar-refractivity contribution in [3.8, 4) is 0 Å².